The van der Waals surface area contributed by atoms with E-state index in [2.05, 4.69) is 4.98 Å². The normalized spacial score (nSPS) is 16.4. The third kappa shape index (κ3) is 1.97. The second-order valence-electron chi connectivity index (χ2n) is 4.31. The molecule has 1 atom stereocenters. The van der Waals surface area contributed by atoms with E-state index < -0.39 is 18.1 Å². The monoisotopic (exact) mass is 290 g/mol. The number of carbonyl (C=O) groups excluding carboxylic acids is 1. The molecule has 3 rings (SSSR count). The molecule has 0 saturated carbocycles. The van der Waals surface area contributed by atoms with E-state index in [-0.39, 0.29) is 0 Å². The number of aromatic nitrogens is 1. The highest BCUT2D eigenvalue weighted by atomic mass is 32.1. The first kappa shape index (κ1) is 12.8. The molecule has 2 heterocycles. The zero-order valence-corrected chi connectivity index (χ0v) is 11.0. The van der Waals surface area contributed by atoms with Crippen molar-refractivity contribution < 1.29 is 19.8 Å². The zero-order valence-electron chi connectivity index (χ0n) is 10.2. The Morgan fingerprint density at radius 2 is 2.00 bits per heavy atom. The van der Waals surface area contributed by atoms with Crippen molar-refractivity contribution in [1.29, 1.82) is 0 Å². The zero-order chi connectivity index (χ0) is 14.3. The van der Waals surface area contributed by atoms with Gasteiger partial charge in [0.2, 0.25) is 0 Å². The van der Waals surface area contributed by atoms with E-state index in [0.717, 1.165) is 15.5 Å². The number of anilines is 1. The van der Waals surface area contributed by atoms with Crippen molar-refractivity contribution in [2.24, 2.45) is 0 Å². The molecule has 1 aromatic carbocycles. The van der Waals surface area contributed by atoms with Gasteiger partial charge in [0, 0.05) is 6.42 Å². The summed E-state index contributed by atoms with van der Waals surface area (Å²) in [7, 11) is 0. The van der Waals surface area contributed by atoms with Gasteiger partial charge in [-0.2, -0.15) is 0 Å². The van der Waals surface area contributed by atoms with Gasteiger partial charge in [-0.15, -0.1) is 11.3 Å². The fraction of sp³-hybridized carbons (Fsp3) is 0.154. The molecule has 0 fully saturated rings. The van der Waals surface area contributed by atoms with Crippen molar-refractivity contribution in [3.8, 4) is 0 Å². The SMILES string of the molecule is O=C(O)C(=O)N1c2sc(Cc3ccccc3)nc2C1O. The van der Waals surface area contributed by atoms with Crippen molar-refractivity contribution >= 4 is 28.2 Å². The molecule has 102 valence electrons. The number of nitrogens with zero attached hydrogens (tertiary/aromatic N) is 2. The van der Waals surface area contributed by atoms with Crippen LogP contribution in [0.5, 0.6) is 0 Å². The highest BCUT2D eigenvalue weighted by molar-refractivity contribution is 7.16. The molecule has 0 radical (unpaired) electrons. The van der Waals surface area contributed by atoms with Crippen LogP contribution in [-0.2, 0) is 16.0 Å². The number of aliphatic hydroxyl groups is 1. The number of aliphatic hydroxyl groups excluding tert-OH is 1. The lowest BCUT2D eigenvalue weighted by Gasteiger charge is -2.33. The predicted octanol–water partition coefficient (Wildman–Crippen LogP) is 1.16. The first-order valence-electron chi connectivity index (χ1n) is 5.86. The Hall–Kier alpha value is -2.25. The molecule has 1 amide bonds. The van der Waals surface area contributed by atoms with Crippen LogP contribution in [0.25, 0.3) is 0 Å². The Morgan fingerprint density at radius 1 is 1.30 bits per heavy atom. The van der Waals surface area contributed by atoms with Crippen molar-refractivity contribution in [1.82, 2.24) is 4.98 Å². The summed E-state index contributed by atoms with van der Waals surface area (Å²) in [4.78, 5) is 27.2. The Morgan fingerprint density at radius 3 is 2.65 bits per heavy atom. The molecule has 1 aromatic heterocycles. The minimum Gasteiger partial charge on any atom is -0.474 e. The third-order valence-electron chi connectivity index (χ3n) is 2.99. The van der Waals surface area contributed by atoms with Crippen LogP contribution < -0.4 is 4.90 Å². The highest BCUT2D eigenvalue weighted by Crippen LogP contribution is 2.45. The van der Waals surface area contributed by atoms with Gasteiger partial charge in [-0.25, -0.2) is 9.78 Å². The number of benzene rings is 1. The van der Waals surface area contributed by atoms with Gasteiger partial charge in [-0.05, 0) is 5.56 Å². The van der Waals surface area contributed by atoms with E-state index in [1.54, 1.807) is 0 Å². The minimum atomic E-state index is -1.59. The van der Waals surface area contributed by atoms with Crippen molar-refractivity contribution in [3.05, 3.63) is 46.6 Å². The van der Waals surface area contributed by atoms with Gasteiger partial charge in [-0.3, -0.25) is 9.69 Å². The maximum Gasteiger partial charge on any atom is 0.395 e. The van der Waals surface area contributed by atoms with Crippen LogP contribution >= 0.6 is 11.3 Å². The highest BCUT2D eigenvalue weighted by Gasteiger charge is 2.44. The summed E-state index contributed by atoms with van der Waals surface area (Å²) in [5.41, 5.74) is 1.43. The number of aliphatic carboxylic acids is 1. The van der Waals surface area contributed by atoms with Gasteiger partial charge in [0.15, 0.2) is 6.23 Å². The number of carboxylic acid groups (broad SMARTS) is 1. The van der Waals surface area contributed by atoms with E-state index in [1.165, 1.54) is 11.3 Å². The number of rotatable bonds is 2. The van der Waals surface area contributed by atoms with Gasteiger partial charge in [0.05, 0.1) is 5.01 Å². The molecule has 7 heteroatoms. The van der Waals surface area contributed by atoms with Crippen molar-refractivity contribution in [2.45, 2.75) is 12.6 Å². The molecule has 0 spiro atoms. The number of carboxylic acids is 1. The number of hydrogen-bond acceptors (Lipinski definition) is 5. The molecule has 0 aliphatic carbocycles. The van der Waals surface area contributed by atoms with Crippen molar-refractivity contribution in [3.63, 3.8) is 0 Å². The number of thiazole rings is 1. The van der Waals surface area contributed by atoms with Crippen LogP contribution in [0.2, 0.25) is 0 Å². The van der Waals surface area contributed by atoms with Crippen molar-refractivity contribution in [2.75, 3.05) is 4.90 Å². The summed E-state index contributed by atoms with van der Waals surface area (Å²) in [6, 6.07) is 9.65. The topological polar surface area (TPSA) is 90.7 Å². The van der Waals surface area contributed by atoms with E-state index in [4.69, 9.17) is 5.11 Å². The second-order valence-corrected chi connectivity index (χ2v) is 5.38. The van der Waals surface area contributed by atoms with Crippen LogP contribution in [0.4, 0.5) is 5.00 Å². The third-order valence-corrected chi connectivity index (χ3v) is 4.06. The Bertz CT molecular complexity index is 683. The molecule has 1 aliphatic heterocycles. The van der Waals surface area contributed by atoms with Crippen LogP contribution in [0.15, 0.2) is 30.3 Å². The van der Waals surface area contributed by atoms with E-state index in [1.807, 2.05) is 30.3 Å². The predicted molar refractivity (Wildman–Crippen MR) is 71.4 cm³/mol. The first-order chi connectivity index (χ1) is 9.58. The molecule has 1 unspecified atom stereocenters. The van der Waals surface area contributed by atoms with E-state index in [9.17, 15) is 14.7 Å². The van der Waals surface area contributed by atoms with E-state index in [0.29, 0.717) is 17.1 Å². The molecule has 20 heavy (non-hydrogen) atoms. The Labute approximate surface area is 117 Å². The van der Waals surface area contributed by atoms with Crippen LogP contribution in [-0.4, -0.2) is 27.1 Å². The van der Waals surface area contributed by atoms with Gasteiger partial charge in [-0.1, -0.05) is 30.3 Å². The summed E-state index contributed by atoms with van der Waals surface area (Å²) < 4.78 is 0. The number of amides is 1. The van der Waals surface area contributed by atoms with Crippen LogP contribution in [0, 0.1) is 0 Å². The summed E-state index contributed by atoms with van der Waals surface area (Å²) in [5.74, 6) is -2.73. The molecule has 2 aromatic rings. The lowest BCUT2D eigenvalue weighted by molar-refractivity contribution is -0.150. The average Bonchev–Trinajstić information content (AvgIpc) is 2.79. The summed E-state index contributed by atoms with van der Waals surface area (Å²) in [6.45, 7) is 0. The van der Waals surface area contributed by atoms with Gasteiger partial charge >= 0.3 is 11.9 Å². The molecular weight excluding hydrogens is 280 g/mol. The smallest absolute Gasteiger partial charge is 0.395 e. The lowest BCUT2D eigenvalue weighted by Crippen LogP contribution is -2.45. The number of fused-ring (bicyclic) bond motifs is 1. The quantitative estimate of drug-likeness (QED) is 0.810. The standard InChI is InChI=1S/C13H10N2O4S/c16-10-9-12(15(10)11(17)13(18)19)20-8(14-9)6-7-4-2-1-3-5-7/h1-5,10,16H,6H2,(H,18,19). The fourth-order valence-corrected chi connectivity index (χ4v) is 3.17. The Kier molecular flexibility index (Phi) is 3.00. The van der Waals surface area contributed by atoms with Gasteiger partial charge in [0.1, 0.15) is 10.7 Å². The van der Waals surface area contributed by atoms with Crippen LogP contribution in [0.1, 0.15) is 22.5 Å². The summed E-state index contributed by atoms with van der Waals surface area (Å²) in [6.07, 6.45) is -0.672. The molecule has 6 nitrogen and oxygen atoms in total. The molecular formula is C13H10N2O4S. The van der Waals surface area contributed by atoms with Gasteiger partial charge < -0.3 is 10.2 Å². The average molecular weight is 290 g/mol. The molecule has 1 aliphatic rings. The summed E-state index contributed by atoms with van der Waals surface area (Å²) in [5, 5.41) is 19.6. The van der Waals surface area contributed by atoms with Crippen LogP contribution in [0.3, 0.4) is 0 Å². The number of carbonyl (C=O) groups is 2. The largest absolute Gasteiger partial charge is 0.474 e. The fourth-order valence-electron chi connectivity index (χ4n) is 2.03. The second kappa shape index (κ2) is 4.69. The molecule has 0 bridgehead atoms. The van der Waals surface area contributed by atoms with Gasteiger partial charge in [0.25, 0.3) is 0 Å². The van der Waals surface area contributed by atoms with E-state index >= 15 is 0 Å². The number of hydrogen-bond donors (Lipinski definition) is 2. The maximum atomic E-state index is 11.4. The minimum absolute atomic E-state index is 0.371. The molecule has 0 saturated heterocycles. The molecule has 2 N–H and O–H groups in total. The first-order valence-corrected chi connectivity index (χ1v) is 6.67. The lowest BCUT2D eigenvalue weighted by atomic mass is 10.1. The summed E-state index contributed by atoms with van der Waals surface area (Å²) >= 11 is 1.22. The Balaban J connectivity index is 1.84. The maximum absolute atomic E-state index is 11.4.